The van der Waals surface area contributed by atoms with Crippen molar-refractivity contribution in [1.29, 1.82) is 0 Å². The van der Waals surface area contributed by atoms with Gasteiger partial charge in [0, 0.05) is 32.6 Å². The van der Waals surface area contributed by atoms with Crippen LogP contribution in [0.1, 0.15) is 37.3 Å². The largest absolute Gasteiger partial charge is 0.493 e. The van der Waals surface area contributed by atoms with E-state index in [0.717, 1.165) is 24.8 Å². The zero-order valence-corrected chi connectivity index (χ0v) is 15.9. The molecule has 0 saturated heterocycles. The van der Waals surface area contributed by atoms with Crippen LogP contribution in [-0.2, 0) is 17.8 Å². The van der Waals surface area contributed by atoms with Crippen LogP contribution >= 0.6 is 0 Å². The van der Waals surface area contributed by atoms with Gasteiger partial charge in [-0.3, -0.25) is 4.79 Å². The van der Waals surface area contributed by atoms with E-state index in [-0.39, 0.29) is 11.9 Å². The summed E-state index contributed by atoms with van der Waals surface area (Å²) in [6.45, 7) is 4.26. The quantitative estimate of drug-likeness (QED) is 0.693. The maximum Gasteiger partial charge on any atom is 0.317 e. The average molecular weight is 363 g/mol. The molecule has 0 bridgehead atoms. The molecule has 2 N–H and O–H groups in total. The zero-order valence-electron chi connectivity index (χ0n) is 15.9. The number of nitrogens with one attached hydrogen (secondary N) is 2. The summed E-state index contributed by atoms with van der Waals surface area (Å²) < 4.78 is 10.7. The number of urea groups is 1. The molecule has 1 aromatic carbocycles. The number of rotatable bonds is 8. The van der Waals surface area contributed by atoms with Crippen molar-refractivity contribution in [3.05, 3.63) is 23.3 Å². The van der Waals surface area contributed by atoms with E-state index < -0.39 is 0 Å². The molecule has 0 aliphatic carbocycles. The molecule has 0 fully saturated rings. The third kappa shape index (κ3) is 5.28. The van der Waals surface area contributed by atoms with Crippen molar-refractivity contribution in [3.63, 3.8) is 0 Å². The van der Waals surface area contributed by atoms with Gasteiger partial charge in [0.1, 0.15) is 0 Å². The Morgan fingerprint density at radius 2 is 1.77 bits per heavy atom. The van der Waals surface area contributed by atoms with E-state index in [1.165, 1.54) is 5.56 Å². The molecule has 26 heavy (non-hydrogen) atoms. The topological polar surface area (TPSA) is 79.9 Å². The van der Waals surface area contributed by atoms with Gasteiger partial charge in [-0.15, -0.1) is 0 Å². The van der Waals surface area contributed by atoms with Crippen molar-refractivity contribution in [2.75, 3.05) is 33.9 Å². The summed E-state index contributed by atoms with van der Waals surface area (Å²) in [5.74, 6) is 1.34. The molecular formula is C19H29N3O4. The van der Waals surface area contributed by atoms with E-state index in [4.69, 9.17) is 9.47 Å². The number of carbonyl (C=O) groups excluding carboxylic acids is 2. The number of fused-ring (bicyclic) bond motifs is 1. The maximum atomic E-state index is 12.4. The molecule has 1 aromatic rings. The summed E-state index contributed by atoms with van der Waals surface area (Å²) in [5, 5.41) is 5.67. The number of hydrogen-bond acceptors (Lipinski definition) is 4. The highest BCUT2D eigenvalue weighted by atomic mass is 16.5. The first-order valence-electron chi connectivity index (χ1n) is 9.12. The summed E-state index contributed by atoms with van der Waals surface area (Å²) in [6, 6.07) is 3.76. The summed E-state index contributed by atoms with van der Waals surface area (Å²) in [6.07, 6.45) is 3.08. The third-order valence-corrected chi connectivity index (χ3v) is 4.49. The van der Waals surface area contributed by atoms with Crippen LogP contribution in [0.2, 0.25) is 0 Å². The van der Waals surface area contributed by atoms with Gasteiger partial charge in [-0.25, -0.2) is 4.79 Å². The van der Waals surface area contributed by atoms with E-state index in [2.05, 4.69) is 17.6 Å². The monoisotopic (exact) mass is 363 g/mol. The molecule has 0 saturated carbocycles. The SMILES string of the molecule is CCCCNC(=O)CCNC(=O)N1CCc2cc(OC)c(OC)cc2C1. The Bertz CT molecular complexity index is 633. The van der Waals surface area contributed by atoms with Crippen molar-refractivity contribution < 1.29 is 19.1 Å². The fourth-order valence-corrected chi connectivity index (χ4v) is 2.94. The molecule has 0 unspecified atom stereocenters. The molecular weight excluding hydrogens is 334 g/mol. The molecule has 1 aliphatic rings. The lowest BCUT2D eigenvalue weighted by Crippen LogP contribution is -2.43. The van der Waals surface area contributed by atoms with Gasteiger partial charge in [-0.1, -0.05) is 13.3 Å². The summed E-state index contributed by atoms with van der Waals surface area (Å²) in [5.41, 5.74) is 2.23. The Balaban J connectivity index is 1.84. The highest BCUT2D eigenvalue weighted by Gasteiger charge is 2.22. The standard InChI is InChI=1S/C19H29N3O4/c1-4-5-8-20-18(23)6-9-21-19(24)22-10-7-14-11-16(25-2)17(26-3)12-15(14)13-22/h11-12H,4-10,13H2,1-3H3,(H,20,23)(H,21,24). The Labute approximate surface area is 155 Å². The highest BCUT2D eigenvalue weighted by Crippen LogP contribution is 2.33. The van der Waals surface area contributed by atoms with E-state index in [0.29, 0.717) is 44.1 Å². The normalized spacial score (nSPS) is 13.0. The molecule has 0 atom stereocenters. The minimum atomic E-state index is -0.146. The van der Waals surface area contributed by atoms with E-state index in [1.807, 2.05) is 12.1 Å². The predicted octanol–water partition coefficient (Wildman–Crippen LogP) is 2.08. The molecule has 3 amide bonds. The number of nitrogens with zero attached hydrogens (tertiary/aromatic N) is 1. The highest BCUT2D eigenvalue weighted by molar-refractivity contribution is 5.78. The fourth-order valence-electron chi connectivity index (χ4n) is 2.94. The van der Waals surface area contributed by atoms with Crippen LogP contribution in [0.3, 0.4) is 0 Å². The molecule has 7 nitrogen and oxygen atoms in total. The average Bonchev–Trinajstić information content (AvgIpc) is 2.66. The Kier molecular flexibility index (Phi) is 7.56. The third-order valence-electron chi connectivity index (χ3n) is 4.49. The van der Waals surface area contributed by atoms with Crippen molar-refractivity contribution in [2.24, 2.45) is 0 Å². The lowest BCUT2D eigenvalue weighted by atomic mass is 9.99. The van der Waals surface area contributed by atoms with Gasteiger partial charge in [0.2, 0.25) is 5.91 Å². The first-order valence-corrected chi connectivity index (χ1v) is 9.12. The van der Waals surface area contributed by atoms with E-state index in [1.54, 1.807) is 19.1 Å². The Morgan fingerprint density at radius 1 is 1.08 bits per heavy atom. The molecule has 1 aliphatic heterocycles. The Morgan fingerprint density at radius 3 is 2.42 bits per heavy atom. The lowest BCUT2D eigenvalue weighted by molar-refractivity contribution is -0.120. The first kappa shape index (κ1) is 19.9. The number of hydrogen-bond donors (Lipinski definition) is 2. The van der Waals surface area contributed by atoms with Crippen molar-refractivity contribution >= 4 is 11.9 Å². The fraction of sp³-hybridized carbons (Fsp3) is 0.579. The second-order valence-electron chi connectivity index (χ2n) is 6.33. The van der Waals surface area contributed by atoms with E-state index in [9.17, 15) is 9.59 Å². The van der Waals surface area contributed by atoms with Gasteiger partial charge in [0.15, 0.2) is 11.5 Å². The molecule has 0 radical (unpaired) electrons. The predicted molar refractivity (Wildman–Crippen MR) is 99.6 cm³/mol. The maximum absolute atomic E-state index is 12.4. The number of benzene rings is 1. The van der Waals surface area contributed by atoms with Crippen LogP contribution in [-0.4, -0.2) is 50.7 Å². The number of ether oxygens (including phenoxy) is 2. The summed E-state index contributed by atoms with van der Waals surface area (Å²) in [7, 11) is 3.22. The van der Waals surface area contributed by atoms with Crippen LogP contribution in [0.15, 0.2) is 12.1 Å². The van der Waals surface area contributed by atoms with Crippen LogP contribution in [0, 0.1) is 0 Å². The zero-order chi connectivity index (χ0) is 18.9. The summed E-state index contributed by atoms with van der Waals surface area (Å²) >= 11 is 0. The Hall–Kier alpha value is -2.44. The molecule has 144 valence electrons. The van der Waals surface area contributed by atoms with Gasteiger partial charge in [-0.2, -0.15) is 0 Å². The molecule has 1 heterocycles. The van der Waals surface area contributed by atoms with Crippen LogP contribution in [0.25, 0.3) is 0 Å². The van der Waals surface area contributed by atoms with Gasteiger partial charge in [-0.05, 0) is 36.1 Å². The lowest BCUT2D eigenvalue weighted by Gasteiger charge is -2.29. The second kappa shape index (κ2) is 9.89. The molecule has 7 heteroatoms. The minimum Gasteiger partial charge on any atom is -0.493 e. The number of carbonyl (C=O) groups is 2. The number of methoxy groups -OCH3 is 2. The molecule has 0 aromatic heterocycles. The summed E-state index contributed by atoms with van der Waals surface area (Å²) in [4.78, 5) is 25.8. The van der Waals surface area contributed by atoms with Crippen molar-refractivity contribution in [1.82, 2.24) is 15.5 Å². The minimum absolute atomic E-state index is 0.0282. The van der Waals surface area contributed by atoms with Crippen LogP contribution in [0.5, 0.6) is 11.5 Å². The van der Waals surface area contributed by atoms with Gasteiger partial charge in [0.25, 0.3) is 0 Å². The number of unbranched alkanes of at least 4 members (excludes halogenated alkanes) is 1. The number of amides is 3. The molecule has 2 rings (SSSR count). The smallest absolute Gasteiger partial charge is 0.317 e. The van der Waals surface area contributed by atoms with Crippen LogP contribution in [0.4, 0.5) is 4.79 Å². The first-order chi connectivity index (χ1) is 12.6. The van der Waals surface area contributed by atoms with Crippen molar-refractivity contribution in [3.8, 4) is 11.5 Å². The van der Waals surface area contributed by atoms with E-state index >= 15 is 0 Å². The van der Waals surface area contributed by atoms with Gasteiger partial charge >= 0.3 is 6.03 Å². The van der Waals surface area contributed by atoms with Crippen LogP contribution < -0.4 is 20.1 Å². The second-order valence-corrected chi connectivity index (χ2v) is 6.33. The van der Waals surface area contributed by atoms with Crippen molar-refractivity contribution in [2.45, 2.75) is 39.2 Å². The van der Waals surface area contributed by atoms with Gasteiger partial charge in [0.05, 0.1) is 14.2 Å². The van der Waals surface area contributed by atoms with Gasteiger partial charge < -0.3 is 25.0 Å². The molecule has 0 spiro atoms.